The fraction of sp³-hybridized carbons (Fsp3) is 0.214. The second-order valence-corrected chi connectivity index (χ2v) is 4.24. The lowest BCUT2D eigenvalue weighted by atomic mass is 10.1. The molecule has 0 spiro atoms. The number of aliphatic hydroxyl groups excluding tert-OH is 1. The maximum atomic E-state index is 9.69. The lowest BCUT2D eigenvalue weighted by molar-refractivity contribution is 0.113. The Morgan fingerprint density at radius 1 is 1.20 bits per heavy atom. The molecule has 0 amide bonds. The second kappa shape index (κ2) is 7.57. The zero-order valence-electron chi connectivity index (χ0n) is 10.8. The normalized spacial score (nSPS) is 12.8. The highest BCUT2D eigenvalue weighted by Crippen LogP contribution is 2.25. The van der Waals surface area contributed by atoms with Gasteiger partial charge in [0.25, 0.3) is 0 Å². The van der Waals surface area contributed by atoms with E-state index in [9.17, 15) is 5.11 Å². The molecule has 1 unspecified atom stereocenters. The van der Waals surface area contributed by atoms with Crippen molar-refractivity contribution in [2.24, 2.45) is 10.9 Å². The molecule has 5 nitrogen and oxygen atoms in total. The monoisotopic (exact) mass is 296 g/mol. The van der Waals surface area contributed by atoms with E-state index in [0.29, 0.717) is 5.75 Å². The Balaban J connectivity index is 0.00000200. The van der Waals surface area contributed by atoms with Crippen LogP contribution < -0.4 is 10.5 Å². The summed E-state index contributed by atoms with van der Waals surface area (Å²) in [6, 6.07) is 13.6. The van der Waals surface area contributed by atoms with Crippen molar-refractivity contribution in [3.63, 3.8) is 0 Å². The zero-order chi connectivity index (χ0) is 13.7. The smallest absolute Gasteiger partial charge is 0.141 e. The van der Waals surface area contributed by atoms with Gasteiger partial charge < -0.3 is 20.8 Å². The zero-order valence-corrected chi connectivity index (χ0v) is 11.6. The van der Waals surface area contributed by atoms with Gasteiger partial charge in [-0.3, -0.25) is 0 Å². The van der Waals surface area contributed by atoms with Crippen molar-refractivity contribution in [1.82, 2.24) is 0 Å². The first kappa shape index (κ1) is 16.1. The van der Waals surface area contributed by atoms with Crippen LogP contribution in [0.1, 0.15) is 6.42 Å². The van der Waals surface area contributed by atoms with Gasteiger partial charge in [-0.2, -0.15) is 0 Å². The summed E-state index contributed by atoms with van der Waals surface area (Å²) in [4.78, 5) is 0. The van der Waals surface area contributed by atoms with Gasteiger partial charge in [0.05, 0.1) is 6.10 Å². The predicted molar refractivity (Wildman–Crippen MR) is 80.7 cm³/mol. The largest absolute Gasteiger partial charge is 0.490 e. The van der Waals surface area contributed by atoms with Gasteiger partial charge in [0.15, 0.2) is 0 Å². The van der Waals surface area contributed by atoms with Crippen molar-refractivity contribution in [1.29, 1.82) is 0 Å². The van der Waals surface area contributed by atoms with Crippen molar-refractivity contribution >= 4 is 29.0 Å². The first-order valence-electron chi connectivity index (χ1n) is 5.95. The number of fused-ring (bicyclic) bond motifs is 1. The van der Waals surface area contributed by atoms with Gasteiger partial charge in [-0.1, -0.05) is 41.6 Å². The summed E-state index contributed by atoms with van der Waals surface area (Å²) in [5.41, 5.74) is 5.32. The maximum absolute atomic E-state index is 9.69. The third kappa shape index (κ3) is 4.01. The second-order valence-electron chi connectivity index (χ2n) is 4.24. The molecule has 2 aromatic carbocycles. The molecule has 0 aliphatic rings. The number of nitrogens with zero attached hydrogens (tertiary/aromatic N) is 1. The number of hydrogen-bond acceptors (Lipinski definition) is 4. The fourth-order valence-electron chi connectivity index (χ4n) is 1.85. The van der Waals surface area contributed by atoms with Crippen molar-refractivity contribution in [2.75, 3.05) is 6.61 Å². The quantitative estimate of drug-likeness (QED) is 0.341. The van der Waals surface area contributed by atoms with Gasteiger partial charge in [0.2, 0.25) is 0 Å². The van der Waals surface area contributed by atoms with Crippen molar-refractivity contribution < 1.29 is 15.1 Å². The molecule has 0 aromatic heterocycles. The van der Waals surface area contributed by atoms with E-state index < -0.39 is 6.10 Å². The van der Waals surface area contributed by atoms with E-state index >= 15 is 0 Å². The van der Waals surface area contributed by atoms with Gasteiger partial charge in [0, 0.05) is 11.8 Å². The van der Waals surface area contributed by atoms with Gasteiger partial charge >= 0.3 is 0 Å². The minimum Gasteiger partial charge on any atom is -0.490 e. The summed E-state index contributed by atoms with van der Waals surface area (Å²) in [6.45, 7) is 0.0875. The van der Waals surface area contributed by atoms with Crippen LogP contribution in [0.15, 0.2) is 47.6 Å². The Labute approximate surface area is 123 Å². The minimum absolute atomic E-state index is 0. The minimum atomic E-state index is -0.810. The summed E-state index contributed by atoms with van der Waals surface area (Å²) >= 11 is 0. The van der Waals surface area contributed by atoms with Gasteiger partial charge in [-0.05, 0) is 11.5 Å². The van der Waals surface area contributed by atoms with Crippen LogP contribution in [0.4, 0.5) is 0 Å². The third-order valence-corrected chi connectivity index (χ3v) is 2.75. The Hall–Kier alpha value is -1.98. The molecule has 0 saturated carbocycles. The Morgan fingerprint density at radius 3 is 2.65 bits per heavy atom. The summed E-state index contributed by atoms with van der Waals surface area (Å²) in [7, 11) is 0. The molecule has 2 rings (SSSR count). The number of amidine groups is 1. The van der Waals surface area contributed by atoms with E-state index in [1.54, 1.807) is 0 Å². The highest BCUT2D eigenvalue weighted by Gasteiger charge is 2.09. The van der Waals surface area contributed by atoms with Crippen LogP contribution in [0, 0.1) is 0 Å². The van der Waals surface area contributed by atoms with Crippen molar-refractivity contribution in [3.05, 3.63) is 42.5 Å². The van der Waals surface area contributed by atoms with Gasteiger partial charge in [-0.25, -0.2) is 0 Å². The molecular formula is C14H17ClN2O3. The first-order valence-corrected chi connectivity index (χ1v) is 5.95. The van der Waals surface area contributed by atoms with E-state index in [1.165, 1.54) is 0 Å². The molecule has 0 aliphatic carbocycles. The maximum Gasteiger partial charge on any atom is 0.141 e. The van der Waals surface area contributed by atoms with Crippen LogP contribution in [0.2, 0.25) is 0 Å². The number of rotatable bonds is 5. The summed E-state index contributed by atoms with van der Waals surface area (Å²) in [6.07, 6.45) is -0.740. The lowest BCUT2D eigenvalue weighted by Crippen LogP contribution is -2.25. The van der Waals surface area contributed by atoms with Crippen molar-refractivity contribution in [2.45, 2.75) is 12.5 Å². The van der Waals surface area contributed by atoms with E-state index in [4.69, 9.17) is 15.7 Å². The van der Waals surface area contributed by atoms with Crippen LogP contribution >= 0.6 is 12.4 Å². The number of halogens is 1. The van der Waals surface area contributed by atoms with Gasteiger partial charge in [-0.15, -0.1) is 12.4 Å². The molecule has 0 saturated heterocycles. The SMILES string of the molecule is Cl.N/C(CC(O)COc1cccc2ccccc12)=N\O. The molecule has 6 heteroatoms. The number of aliphatic hydroxyl groups is 1. The van der Waals surface area contributed by atoms with Crippen LogP contribution in [-0.2, 0) is 0 Å². The fourth-order valence-corrected chi connectivity index (χ4v) is 1.85. The number of hydrogen-bond donors (Lipinski definition) is 3. The molecule has 0 radical (unpaired) electrons. The number of nitrogens with two attached hydrogens (primary N) is 1. The molecule has 4 N–H and O–H groups in total. The third-order valence-electron chi connectivity index (χ3n) is 2.75. The van der Waals surface area contributed by atoms with Crippen LogP contribution in [0.25, 0.3) is 10.8 Å². The number of benzene rings is 2. The first-order chi connectivity index (χ1) is 9.20. The molecule has 0 aliphatic heterocycles. The summed E-state index contributed by atoms with van der Waals surface area (Å²) in [5.74, 6) is 0.686. The standard InChI is InChI=1S/C14H16N2O3.ClH/c15-14(16-18)8-11(17)9-19-13-7-3-5-10-4-1-2-6-12(10)13;/h1-7,11,17-18H,8-9H2,(H2,15,16);1H. The average molecular weight is 297 g/mol. The van der Waals surface area contributed by atoms with E-state index in [-0.39, 0.29) is 31.3 Å². The van der Waals surface area contributed by atoms with Crippen LogP contribution in [0.5, 0.6) is 5.75 Å². The average Bonchev–Trinajstić information content (AvgIpc) is 2.44. The molecule has 0 heterocycles. The Morgan fingerprint density at radius 2 is 1.90 bits per heavy atom. The predicted octanol–water partition coefficient (Wildman–Crippen LogP) is 2.14. The Kier molecular flexibility index (Phi) is 6.09. The summed E-state index contributed by atoms with van der Waals surface area (Å²) in [5, 5.41) is 23.0. The molecule has 0 bridgehead atoms. The number of ether oxygens (including phenoxy) is 1. The Bertz CT molecular complexity index is 584. The molecule has 20 heavy (non-hydrogen) atoms. The molecule has 108 valence electrons. The number of oxime groups is 1. The molecule has 2 aromatic rings. The summed E-state index contributed by atoms with van der Waals surface area (Å²) < 4.78 is 5.58. The highest BCUT2D eigenvalue weighted by molar-refractivity contribution is 5.88. The van der Waals surface area contributed by atoms with Crippen LogP contribution in [-0.4, -0.2) is 28.9 Å². The lowest BCUT2D eigenvalue weighted by Gasteiger charge is -2.13. The van der Waals surface area contributed by atoms with Crippen LogP contribution in [0.3, 0.4) is 0 Å². The van der Waals surface area contributed by atoms with E-state index in [2.05, 4.69) is 5.16 Å². The van der Waals surface area contributed by atoms with Gasteiger partial charge in [0.1, 0.15) is 18.2 Å². The highest BCUT2D eigenvalue weighted by atomic mass is 35.5. The molecular weight excluding hydrogens is 280 g/mol. The molecule has 0 fully saturated rings. The van der Waals surface area contributed by atoms with Crippen molar-refractivity contribution in [3.8, 4) is 5.75 Å². The van der Waals surface area contributed by atoms with E-state index in [1.807, 2.05) is 42.5 Å². The molecule has 1 atom stereocenters. The topological polar surface area (TPSA) is 88.1 Å². The van der Waals surface area contributed by atoms with E-state index in [0.717, 1.165) is 10.8 Å².